The molecule has 0 aliphatic heterocycles. The fraction of sp³-hybridized carbons (Fsp3) is 0.692. The minimum absolute atomic E-state index is 0.149. The predicted octanol–water partition coefficient (Wildman–Crippen LogP) is 3.58. The maximum Gasteiger partial charge on any atom is 0.0634 e. The van der Waals surface area contributed by atoms with Crippen LogP contribution in [0.1, 0.15) is 49.5 Å². The fourth-order valence-electron chi connectivity index (χ4n) is 2.51. The van der Waals surface area contributed by atoms with E-state index in [0.717, 1.165) is 12.8 Å². The Balaban J connectivity index is 2.18. The third-order valence-electron chi connectivity index (χ3n) is 3.74. The molecule has 1 aromatic heterocycles. The number of aliphatic hydroxyl groups is 1. The zero-order chi connectivity index (χ0) is 10.8. The van der Waals surface area contributed by atoms with Crippen molar-refractivity contribution in [2.45, 2.75) is 51.6 Å². The Labute approximate surface area is 96.1 Å². The van der Waals surface area contributed by atoms with E-state index in [1.807, 2.05) is 11.3 Å². The topological polar surface area (TPSA) is 20.2 Å². The van der Waals surface area contributed by atoms with Crippen molar-refractivity contribution in [3.05, 3.63) is 21.9 Å². The van der Waals surface area contributed by atoms with E-state index < -0.39 is 0 Å². The van der Waals surface area contributed by atoms with E-state index in [9.17, 15) is 5.11 Å². The summed E-state index contributed by atoms with van der Waals surface area (Å²) in [6.45, 7) is 4.32. The largest absolute Gasteiger partial charge is 0.392 e. The molecular weight excluding hydrogens is 204 g/mol. The van der Waals surface area contributed by atoms with Gasteiger partial charge in [0.1, 0.15) is 0 Å². The molecule has 84 valence electrons. The lowest BCUT2D eigenvalue weighted by Gasteiger charge is -2.30. The molecule has 0 saturated carbocycles. The minimum Gasteiger partial charge on any atom is -0.392 e. The first-order chi connectivity index (χ1) is 7.24. The van der Waals surface area contributed by atoms with Crippen molar-refractivity contribution in [3.8, 4) is 0 Å². The molecule has 0 aromatic carbocycles. The van der Waals surface area contributed by atoms with Gasteiger partial charge in [-0.25, -0.2) is 0 Å². The van der Waals surface area contributed by atoms with Crippen LogP contribution in [0.15, 0.2) is 11.4 Å². The average Bonchev–Trinajstić information content (AvgIpc) is 2.74. The van der Waals surface area contributed by atoms with Gasteiger partial charge in [-0.3, -0.25) is 0 Å². The number of aryl methyl sites for hydroxylation is 1. The fourth-order valence-corrected chi connectivity index (χ4v) is 3.51. The van der Waals surface area contributed by atoms with E-state index in [1.165, 1.54) is 23.3 Å². The van der Waals surface area contributed by atoms with Crippen LogP contribution < -0.4 is 0 Å². The highest BCUT2D eigenvalue weighted by Crippen LogP contribution is 2.39. The highest BCUT2D eigenvalue weighted by atomic mass is 32.1. The van der Waals surface area contributed by atoms with Crippen LogP contribution in [-0.4, -0.2) is 11.2 Å². The number of rotatable bonds is 3. The molecule has 0 fully saturated rings. The van der Waals surface area contributed by atoms with Gasteiger partial charge in [-0.1, -0.05) is 20.3 Å². The summed E-state index contributed by atoms with van der Waals surface area (Å²) < 4.78 is 0. The van der Waals surface area contributed by atoms with Crippen molar-refractivity contribution < 1.29 is 5.11 Å². The Morgan fingerprint density at radius 2 is 2.40 bits per heavy atom. The number of thiophene rings is 1. The molecule has 1 nitrogen and oxygen atoms in total. The smallest absolute Gasteiger partial charge is 0.0634 e. The normalized spacial score (nSPS) is 24.6. The lowest BCUT2D eigenvalue weighted by Crippen LogP contribution is -2.27. The van der Waals surface area contributed by atoms with E-state index in [4.69, 9.17) is 0 Å². The van der Waals surface area contributed by atoms with E-state index in [1.54, 1.807) is 0 Å². The third kappa shape index (κ3) is 2.11. The van der Waals surface area contributed by atoms with E-state index >= 15 is 0 Å². The summed E-state index contributed by atoms with van der Waals surface area (Å²) >= 11 is 1.85. The van der Waals surface area contributed by atoms with Gasteiger partial charge in [0.05, 0.1) is 6.10 Å². The van der Waals surface area contributed by atoms with Crippen LogP contribution in [0.25, 0.3) is 0 Å². The molecule has 3 atom stereocenters. The summed E-state index contributed by atoms with van der Waals surface area (Å²) in [5, 5.41) is 12.5. The summed E-state index contributed by atoms with van der Waals surface area (Å²) in [6.07, 6.45) is 4.54. The summed E-state index contributed by atoms with van der Waals surface area (Å²) in [4.78, 5) is 1.51. The quantitative estimate of drug-likeness (QED) is 0.832. The van der Waals surface area contributed by atoms with Crippen molar-refractivity contribution in [1.29, 1.82) is 0 Å². The van der Waals surface area contributed by atoms with Crippen LogP contribution in [0.5, 0.6) is 0 Å². The highest BCUT2D eigenvalue weighted by Gasteiger charge is 2.29. The zero-order valence-corrected chi connectivity index (χ0v) is 10.4. The number of aliphatic hydroxyl groups excluding tert-OH is 1. The molecule has 2 heteroatoms. The van der Waals surface area contributed by atoms with Gasteiger partial charge in [-0.05, 0) is 42.2 Å². The lowest BCUT2D eigenvalue weighted by molar-refractivity contribution is 0.0801. The predicted molar refractivity (Wildman–Crippen MR) is 65.5 cm³/mol. The first-order valence-corrected chi connectivity index (χ1v) is 6.86. The Hall–Kier alpha value is -0.340. The average molecular weight is 224 g/mol. The van der Waals surface area contributed by atoms with E-state index in [0.29, 0.717) is 11.8 Å². The molecule has 0 amide bonds. The Morgan fingerprint density at radius 3 is 3.13 bits per heavy atom. The summed E-state index contributed by atoms with van der Waals surface area (Å²) in [5.41, 5.74) is 1.43. The number of hydrogen-bond acceptors (Lipinski definition) is 2. The molecule has 0 bridgehead atoms. The summed E-state index contributed by atoms with van der Waals surface area (Å²) in [6, 6.07) is 2.22. The van der Waals surface area contributed by atoms with Crippen LogP contribution in [-0.2, 0) is 6.42 Å². The van der Waals surface area contributed by atoms with Crippen molar-refractivity contribution in [1.82, 2.24) is 0 Å². The van der Waals surface area contributed by atoms with Gasteiger partial charge in [0, 0.05) is 10.8 Å². The minimum atomic E-state index is -0.149. The maximum atomic E-state index is 10.3. The van der Waals surface area contributed by atoms with Gasteiger partial charge in [0.25, 0.3) is 0 Å². The van der Waals surface area contributed by atoms with Gasteiger partial charge in [0.2, 0.25) is 0 Å². The molecule has 1 N–H and O–H groups in total. The molecule has 0 radical (unpaired) electrons. The standard InChI is InChI=1S/C13H20OS/c1-3-9(2)13(14)11-5-4-6-12-10(11)7-8-15-12/h7-9,11,13-14H,3-6H2,1-2H3. The molecule has 0 spiro atoms. The molecule has 15 heavy (non-hydrogen) atoms. The first kappa shape index (κ1) is 11.2. The molecule has 3 unspecified atom stereocenters. The second-order valence-electron chi connectivity index (χ2n) is 4.67. The van der Waals surface area contributed by atoms with Crippen LogP contribution in [0.4, 0.5) is 0 Å². The Kier molecular flexibility index (Phi) is 3.47. The van der Waals surface area contributed by atoms with Crippen LogP contribution >= 0.6 is 11.3 Å². The molecule has 0 saturated heterocycles. The van der Waals surface area contributed by atoms with Gasteiger partial charge in [-0.15, -0.1) is 11.3 Å². The van der Waals surface area contributed by atoms with E-state index in [-0.39, 0.29) is 6.10 Å². The molecule has 1 aromatic rings. The van der Waals surface area contributed by atoms with Crippen molar-refractivity contribution >= 4 is 11.3 Å². The third-order valence-corrected chi connectivity index (χ3v) is 4.73. The summed E-state index contributed by atoms with van der Waals surface area (Å²) in [7, 11) is 0. The zero-order valence-electron chi connectivity index (χ0n) is 9.57. The van der Waals surface area contributed by atoms with Gasteiger partial charge < -0.3 is 5.11 Å². The highest BCUT2D eigenvalue weighted by molar-refractivity contribution is 7.10. The number of hydrogen-bond donors (Lipinski definition) is 1. The lowest BCUT2D eigenvalue weighted by atomic mass is 9.79. The Bertz CT molecular complexity index is 318. The van der Waals surface area contributed by atoms with Gasteiger partial charge in [-0.2, -0.15) is 0 Å². The number of fused-ring (bicyclic) bond motifs is 1. The van der Waals surface area contributed by atoms with Crippen molar-refractivity contribution in [2.24, 2.45) is 5.92 Å². The van der Waals surface area contributed by atoms with Gasteiger partial charge >= 0.3 is 0 Å². The van der Waals surface area contributed by atoms with Crippen molar-refractivity contribution in [2.75, 3.05) is 0 Å². The second-order valence-corrected chi connectivity index (χ2v) is 5.67. The van der Waals surface area contributed by atoms with Crippen LogP contribution in [0.2, 0.25) is 0 Å². The van der Waals surface area contributed by atoms with Gasteiger partial charge in [0.15, 0.2) is 0 Å². The molecular formula is C13H20OS. The molecule has 2 rings (SSSR count). The first-order valence-electron chi connectivity index (χ1n) is 5.98. The molecule has 1 heterocycles. The van der Waals surface area contributed by atoms with E-state index in [2.05, 4.69) is 25.3 Å². The monoisotopic (exact) mass is 224 g/mol. The second kappa shape index (κ2) is 4.67. The maximum absolute atomic E-state index is 10.3. The molecule has 1 aliphatic rings. The summed E-state index contributed by atoms with van der Waals surface area (Å²) in [5.74, 6) is 0.816. The van der Waals surface area contributed by atoms with Crippen molar-refractivity contribution in [3.63, 3.8) is 0 Å². The van der Waals surface area contributed by atoms with Crippen LogP contribution in [0.3, 0.4) is 0 Å². The Morgan fingerprint density at radius 1 is 1.60 bits per heavy atom. The molecule has 1 aliphatic carbocycles. The SMILES string of the molecule is CCC(C)C(O)C1CCCc2sccc21. The van der Waals surface area contributed by atoms with Crippen LogP contribution in [0, 0.1) is 5.92 Å².